The molecule has 0 aliphatic heterocycles. The van der Waals surface area contributed by atoms with Crippen molar-refractivity contribution in [3.63, 3.8) is 0 Å². The van der Waals surface area contributed by atoms with Crippen LogP contribution in [0, 0.1) is 12.3 Å². The lowest BCUT2D eigenvalue weighted by Crippen LogP contribution is -2.01. The van der Waals surface area contributed by atoms with Gasteiger partial charge in [0.2, 0.25) is 0 Å². The van der Waals surface area contributed by atoms with E-state index in [1.165, 1.54) is 0 Å². The van der Waals surface area contributed by atoms with Crippen molar-refractivity contribution < 1.29 is 5.11 Å². The van der Waals surface area contributed by atoms with Crippen LogP contribution in [-0.4, -0.2) is 21.5 Å². The Labute approximate surface area is 59.3 Å². The van der Waals surface area contributed by atoms with Gasteiger partial charge in [-0.05, 0) is 0 Å². The topological polar surface area (TPSA) is 38.0 Å². The first kappa shape index (κ1) is 6.84. The number of aromatic nitrogens is 2. The van der Waals surface area contributed by atoms with Crippen LogP contribution in [-0.2, 0) is 6.54 Å². The van der Waals surface area contributed by atoms with Crippen LogP contribution >= 0.6 is 0 Å². The molecule has 0 saturated carbocycles. The zero-order valence-electron chi connectivity index (χ0n) is 5.49. The molecule has 3 heteroatoms. The second-order valence-corrected chi connectivity index (χ2v) is 1.86. The summed E-state index contributed by atoms with van der Waals surface area (Å²) in [5.74, 6) is 2.44. The molecule has 1 rings (SSSR count). The molecule has 3 nitrogen and oxygen atoms in total. The Hall–Kier alpha value is -1.27. The molecule has 0 aromatic carbocycles. The standard InChI is InChI=1S/C7H8N2O/c1-2-7-5-8-9(6-7)3-4-10/h1,5-6,10H,3-4H2. The zero-order chi connectivity index (χ0) is 7.40. The monoisotopic (exact) mass is 136 g/mol. The SMILES string of the molecule is C#Cc1cnn(CCO)c1. The number of terminal acetylenes is 1. The quantitative estimate of drug-likeness (QED) is 0.574. The Morgan fingerprint density at radius 1 is 1.80 bits per heavy atom. The lowest BCUT2D eigenvalue weighted by Gasteiger charge is -1.92. The minimum absolute atomic E-state index is 0.0890. The molecule has 0 amide bonds. The summed E-state index contributed by atoms with van der Waals surface area (Å²) in [5.41, 5.74) is 0.744. The fourth-order valence-electron chi connectivity index (χ4n) is 0.663. The molecule has 0 aliphatic carbocycles. The van der Waals surface area contributed by atoms with Crippen LogP contribution < -0.4 is 0 Å². The van der Waals surface area contributed by atoms with Gasteiger partial charge in [0.05, 0.1) is 24.9 Å². The van der Waals surface area contributed by atoms with Gasteiger partial charge in [0.25, 0.3) is 0 Å². The highest BCUT2D eigenvalue weighted by Gasteiger charge is 1.91. The summed E-state index contributed by atoms with van der Waals surface area (Å²) in [7, 11) is 0. The maximum Gasteiger partial charge on any atom is 0.0646 e. The Bertz CT molecular complexity index is 246. The van der Waals surface area contributed by atoms with Crippen molar-refractivity contribution in [1.29, 1.82) is 0 Å². The molecule has 1 aromatic rings. The number of aliphatic hydroxyl groups is 1. The lowest BCUT2D eigenvalue weighted by molar-refractivity contribution is 0.269. The molecule has 0 bridgehead atoms. The van der Waals surface area contributed by atoms with Crippen molar-refractivity contribution in [2.45, 2.75) is 6.54 Å². The lowest BCUT2D eigenvalue weighted by atomic mass is 10.4. The normalized spacial score (nSPS) is 9.20. The summed E-state index contributed by atoms with van der Waals surface area (Å²) in [6.07, 6.45) is 8.40. The third-order valence-corrected chi connectivity index (χ3v) is 1.13. The third kappa shape index (κ3) is 1.36. The van der Waals surface area contributed by atoms with Crippen LogP contribution in [0.5, 0.6) is 0 Å². The number of rotatable bonds is 2. The van der Waals surface area contributed by atoms with Crippen LogP contribution in [0.4, 0.5) is 0 Å². The molecule has 1 heterocycles. The van der Waals surface area contributed by atoms with E-state index in [1.807, 2.05) is 0 Å². The summed E-state index contributed by atoms with van der Waals surface area (Å²) in [6, 6.07) is 0. The first-order valence-electron chi connectivity index (χ1n) is 2.96. The second-order valence-electron chi connectivity index (χ2n) is 1.86. The Morgan fingerprint density at radius 3 is 3.10 bits per heavy atom. The van der Waals surface area contributed by atoms with Crippen molar-refractivity contribution >= 4 is 0 Å². The highest BCUT2D eigenvalue weighted by Crippen LogP contribution is 1.93. The van der Waals surface area contributed by atoms with E-state index in [2.05, 4.69) is 11.0 Å². The van der Waals surface area contributed by atoms with Crippen molar-refractivity contribution in [2.75, 3.05) is 6.61 Å². The minimum Gasteiger partial charge on any atom is -0.394 e. The Balaban J connectivity index is 2.71. The molecule has 0 fully saturated rings. The molecule has 10 heavy (non-hydrogen) atoms. The predicted octanol–water partition coefficient (Wildman–Crippen LogP) is -0.143. The molecule has 52 valence electrons. The summed E-state index contributed by atoms with van der Waals surface area (Å²) in [5, 5.41) is 12.4. The predicted molar refractivity (Wildman–Crippen MR) is 37.2 cm³/mol. The largest absolute Gasteiger partial charge is 0.394 e. The van der Waals surface area contributed by atoms with Crippen molar-refractivity contribution in [3.05, 3.63) is 18.0 Å². The molecule has 0 spiro atoms. The summed E-state index contributed by atoms with van der Waals surface area (Å²) < 4.78 is 1.61. The second kappa shape index (κ2) is 3.04. The number of hydrogen-bond acceptors (Lipinski definition) is 2. The molecule has 0 aliphatic rings. The van der Waals surface area contributed by atoms with Gasteiger partial charge in [0.15, 0.2) is 0 Å². The zero-order valence-corrected chi connectivity index (χ0v) is 5.49. The average molecular weight is 136 g/mol. The van der Waals surface area contributed by atoms with Gasteiger partial charge in [-0.25, -0.2) is 0 Å². The van der Waals surface area contributed by atoms with Gasteiger partial charge < -0.3 is 5.11 Å². The molecule has 1 aromatic heterocycles. The summed E-state index contributed by atoms with van der Waals surface area (Å²) >= 11 is 0. The smallest absolute Gasteiger partial charge is 0.0646 e. The highest BCUT2D eigenvalue weighted by molar-refractivity contribution is 5.25. The maximum absolute atomic E-state index is 8.49. The van der Waals surface area contributed by atoms with Crippen molar-refractivity contribution in [2.24, 2.45) is 0 Å². The van der Waals surface area contributed by atoms with Gasteiger partial charge in [-0.2, -0.15) is 5.10 Å². The fraction of sp³-hybridized carbons (Fsp3) is 0.286. The average Bonchev–Trinajstić information content (AvgIpc) is 2.37. The highest BCUT2D eigenvalue weighted by atomic mass is 16.3. The summed E-state index contributed by atoms with van der Waals surface area (Å²) in [6.45, 7) is 0.591. The van der Waals surface area contributed by atoms with E-state index >= 15 is 0 Å². The van der Waals surface area contributed by atoms with E-state index in [-0.39, 0.29) is 6.61 Å². The molecule has 0 unspecified atom stereocenters. The number of nitrogens with zero attached hydrogens (tertiary/aromatic N) is 2. The first-order chi connectivity index (χ1) is 4.86. The van der Waals surface area contributed by atoms with E-state index in [0.717, 1.165) is 5.56 Å². The molecule has 0 saturated heterocycles. The van der Waals surface area contributed by atoms with E-state index in [4.69, 9.17) is 11.5 Å². The van der Waals surface area contributed by atoms with Gasteiger partial charge in [-0.3, -0.25) is 4.68 Å². The Kier molecular flexibility index (Phi) is 2.08. The van der Waals surface area contributed by atoms with E-state index < -0.39 is 0 Å². The summed E-state index contributed by atoms with van der Waals surface area (Å²) in [4.78, 5) is 0. The van der Waals surface area contributed by atoms with Crippen LogP contribution in [0.1, 0.15) is 5.56 Å². The van der Waals surface area contributed by atoms with E-state index in [9.17, 15) is 0 Å². The molecular weight excluding hydrogens is 128 g/mol. The van der Waals surface area contributed by atoms with Crippen molar-refractivity contribution in [3.8, 4) is 12.3 Å². The maximum atomic E-state index is 8.49. The number of hydrogen-bond donors (Lipinski definition) is 1. The van der Waals surface area contributed by atoms with Gasteiger partial charge in [-0.1, -0.05) is 5.92 Å². The van der Waals surface area contributed by atoms with Gasteiger partial charge in [0, 0.05) is 6.20 Å². The molecule has 0 radical (unpaired) electrons. The van der Waals surface area contributed by atoms with E-state index in [1.54, 1.807) is 17.1 Å². The minimum atomic E-state index is 0.0890. The molecular formula is C7H8N2O. The van der Waals surface area contributed by atoms with Crippen molar-refractivity contribution in [1.82, 2.24) is 9.78 Å². The van der Waals surface area contributed by atoms with Crippen LogP contribution in [0.25, 0.3) is 0 Å². The van der Waals surface area contributed by atoms with Gasteiger partial charge in [-0.15, -0.1) is 6.42 Å². The molecule has 1 N–H and O–H groups in total. The fourth-order valence-corrected chi connectivity index (χ4v) is 0.663. The van der Waals surface area contributed by atoms with Gasteiger partial charge >= 0.3 is 0 Å². The van der Waals surface area contributed by atoms with E-state index in [0.29, 0.717) is 6.54 Å². The van der Waals surface area contributed by atoms with Gasteiger partial charge in [0.1, 0.15) is 0 Å². The Morgan fingerprint density at radius 2 is 2.60 bits per heavy atom. The van der Waals surface area contributed by atoms with Crippen LogP contribution in [0.2, 0.25) is 0 Å². The van der Waals surface area contributed by atoms with Crippen LogP contribution in [0.15, 0.2) is 12.4 Å². The first-order valence-corrected chi connectivity index (χ1v) is 2.96. The van der Waals surface area contributed by atoms with Crippen LogP contribution in [0.3, 0.4) is 0 Å². The molecule has 0 atom stereocenters. The third-order valence-electron chi connectivity index (χ3n) is 1.13. The number of aliphatic hydroxyl groups excluding tert-OH is 1.